The summed E-state index contributed by atoms with van der Waals surface area (Å²) in [5.74, 6) is -0.0547. The van der Waals surface area contributed by atoms with Gasteiger partial charge in [-0.2, -0.15) is 0 Å². The Labute approximate surface area is 138 Å². The van der Waals surface area contributed by atoms with Crippen LogP contribution in [0.15, 0.2) is 59.1 Å². The second-order valence-corrected chi connectivity index (χ2v) is 6.28. The van der Waals surface area contributed by atoms with E-state index in [-0.39, 0.29) is 17.9 Å². The zero-order valence-corrected chi connectivity index (χ0v) is 13.6. The van der Waals surface area contributed by atoms with Gasteiger partial charge < -0.3 is 5.32 Å². The molecule has 0 bridgehead atoms. The number of hydrazine groups is 1. The molecular weight excluding hydrogens is 342 g/mol. The highest BCUT2D eigenvalue weighted by Gasteiger charge is 2.33. The van der Waals surface area contributed by atoms with E-state index in [0.29, 0.717) is 13.1 Å². The monoisotopic (exact) mass is 359 g/mol. The molecule has 2 aromatic rings. The molecule has 3 rings (SSSR count). The number of nitrogens with one attached hydrogen (secondary N) is 3. The molecule has 22 heavy (non-hydrogen) atoms. The Balaban J connectivity index is 1.64. The Morgan fingerprint density at radius 3 is 2.77 bits per heavy atom. The van der Waals surface area contributed by atoms with Gasteiger partial charge in [-0.3, -0.25) is 10.2 Å². The van der Waals surface area contributed by atoms with Gasteiger partial charge in [0, 0.05) is 17.6 Å². The predicted molar refractivity (Wildman–Crippen MR) is 89.8 cm³/mol. The first kappa shape index (κ1) is 15.2. The Hall–Kier alpha value is -1.69. The Bertz CT molecular complexity index is 647. The van der Waals surface area contributed by atoms with Gasteiger partial charge in [0.2, 0.25) is 5.91 Å². The molecule has 1 heterocycles. The minimum atomic E-state index is -0.116. The summed E-state index contributed by atoms with van der Waals surface area (Å²) >= 11 is 3.44. The lowest BCUT2D eigenvalue weighted by Gasteiger charge is -2.18. The fourth-order valence-electron chi connectivity index (χ4n) is 2.68. The van der Waals surface area contributed by atoms with Crippen LogP contribution in [-0.4, -0.2) is 12.5 Å². The maximum absolute atomic E-state index is 12.5. The summed E-state index contributed by atoms with van der Waals surface area (Å²) in [6.07, 6.45) is 0. The maximum atomic E-state index is 12.5. The number of amides is 1. The average Bonchev–Trinajstić information content (AvgIpc) is 3.03. The standard InChI is InChI=1S/C17H18BrN3O/c18-14-8-4-5-12(9-14)10-19-17(22)15-11-20-21-16(15)13-6-2-1-3-7-13/h1-9,15-16,20-21H,10-11H2,(H,19,22). The lowest BCUT2D eigenvalue weighted by atomic mass is 9.94. The van der Waals surface area contributed by atoms with E-state index < -0.39 is 0 Å². The molecular formula is C17H18BrN3O. The van der Waals surface area contributed by atoms with Crippen molar-refractivity contribution in [2.24, 2.45) is 5.92 Å². The van der Waals surface area contributed by atoms with Gasteiger partial charge in [0.25, 0.3) is 0 Å². The fourth-order valence-corrected chi connectivity index (χ4v) is 3.13. The number of hydrogen-bond donors (Lipinski definition) is 3. The molecule has 5 heteroatoms. The molecule has 1 saturated heterocycles. The van der Waals surface area contributed by atoms with Crippen molar-refractivity contribution in [3.63, 3.8) is 0 Å². The van der Waals surface area contributed by atoms with Crippen LogP contribution in [0.1, 0.15) is 17.2 Å². The number of halogens is 1. The fraction of sp³-hybridized carbons (Fsp3) is 0.235. The SMILES string of the molecule is O=C(NCc1cccc(Br)c1)C1CNNC1c1ccccc1. The van der Waals surface area contributed by atoms with Crippen LogP contribution in [0, 0.1) is 5.92 Å². The molecule has 3 N–H and O–H groups in total. The molecule has 2 unspecified atom stereocenters. The zero-order chi connectivity index (χ0) is 15.4. The molecule has 1 amide bonds. The number of carbonyl (C=O) groups excluding carboxylic acids is 1. The number of carbonyl (C=O) groups is 1. The first-order chi connectivity index (χ1) is 10.7. The summed E-state index contributed by atoms with van der Waals surface area (Å²) in [6, 6.07) is 18.0. The largest absolute Gasteiger partial charge is 0.352 e. The van der Waals surface area contributed by atoms with E-state index in [2.05, 4.69) is 32.1 Å². The van der Waals surface area contributed by atoms with Crippen LogP contribution >= 0.6 is 15.9 Å². The summed E-state index contributed by atoms with van der Waals surface area (Å²) in [7, 11) is 0. The van der Waals surface area contributed by atoms with Crippen molar-refractivity contribution in [1.82, 2.24) is 16.2 Å². The van der Waals surface area contributed by atoms with Gasteiger partial charge in [-0.1, -0.05) is 58.4 Å². The van der Waals surface area contributed by atoms with E-state index in [1.165, 1.54) is 0 Å². The van der Waals surface area contributed by atoms with Crippen LogP contribution in [0.25, 0.3) is 0 Å². The average molecular weight is 360 g/mol. The molecule has 2 atom stereocenters. The highest BCUT2D eigenvalue weighted by Crippen LogP contribution is 2.24. The normalized spacial score (nSPS) is 20.8. The molecule has 1 aliphatic rings. The smallest absolute Gasteiger partial charge is 0.226 e. The second kappa shape index (κ2) is 7.05. The van der Waals surface area contributed by atoms with Crippen molar-refractivity contribution in [3.8, 4) is 0 Å². The van der Waals surface area contributed by atoms with Gasteiger partial charge in [-0.05, 0) is 23.3 Å². The van der Waals surface area contributed by atoms with Gasteiger partial charge in [0.15, 0.2) is 0 Å². The second-order valence-electron chi connectivity index (χ2n) is 5.37. The molecule has 0 saturated carbocycles. The lowest BCUT2D eigenvalue weighted by molar-refractivity contribution is -0.125. The van der Waals surface area contributed by atoms with Gasteiger partial charge in [0.1, 0.15) is 0 Å². The number of rotatable bonds is 4. The zero-order valence-electron chi connectivity index (χ0n) is 12.1. The lowest BCUT2D eigenvalue weighted by Crippen LogP contribution is -2.34. The van der Waals surface area contributed by atoms with E-state index in [0.717, 1.165) is 15.6 Å². The van der Waals surface area contributed by atoms with Crippen molar-refractivity contribution in [3.05, 3.63) is 70.2 Å². The van der Waals surface area contributed by atoms with Crippen LogP contribution in [0.3, 0.4) is 0 Å². The summed E-state index contributed by atoms with van der Waals surface area (Å²) in [4.78, 5) is 12.5. The van der Waals surface area contributed by atoms with Gasteiger partial charge in [-0.25, -0.2) is 5.43 Å². The van der Waals surface area contributed by atoms with Crippen molar-refractivity contribution >= 4 is 21.8 Å². The third kappa shape index (κ3) is 3.55. The molecule has 0 spiro atoms. The molecule has 4 nitrogen and oxygen atoms in total. The minimum Gasteiger partial charge on any atom is -0.352 e. The topological polar surface area (TPSA) is 53.2 Å². The van der Waals surface area contributed by atoms with Crippen LogP contribution in [-0.2, 0) is 11.3 Å². The Morgan fingerprint density at radius 1 is 1.18 bits per heavy atom. The molecule has 0 aliphatic carbocycles. The third-order valence-corrected chi connectivity index (χ3v) is 4.33. The molecule has 0 radical (unpaired) electrons. The molecule has 114 valence electrons. The van der Waals surface area contributed by atoms with Crippen molar-refractivity contribution in [1.29, 1.82) is 0 Å². The van der Waals surface area contributed by atoms with E-state index >= 15 is 0 Å². The molecule has 2 aromatic carbocycles. The number of benzene rings is 2. The Kier molecular flexibility index (Phi) is 4.87. The van der Waals surface area contributed by atoms with Crippen LogP contribution < -0.4 is 16.2 Å². The minimum absolute atomic E-state index is 0.00343. The first-order valence-corrected chi connectivity index (χ1v) is 8.09. The van der Waals surface area contributed by atoms with Crippen LogP contribution in [0.5, 0.6) is 0 Å². The van der Waals surface area contributed by atoms with Crippen LogP contribution in [0.2, 0.25) is 0 Å². The van der Waals surface area contributed by atoms with Crippen molar-refractivity contribution in [2.75, 3.05) is 6.54 Å². The van der Waals surface area contributed by atoms with E-state index in [4.69, 9.17) is 0 Å². The summed E-state index contributed by atoms with van der Waals surface area (Å²) < 4.78 is 1.02. The van der Waals surface area contributed by atoms with Gasteiger partial charge in [0.05, 0.1) is 12.0 Å². The summed E-state index contributed by atoms with van der Waals surface area (Å²) in [5.41, 5.74) is 8.49. The third-order valence-electron chi connectivity index (χ3n) is 3.83. The highest BCUT2D eigenvalue weighted by molar-refractivity contribution is 9.10. The van der Waals surface area contributed by atoms with E-state index in [9.17, 15) is 4.79 Å². The molecule has 0 aromatic heterocycles. The van der Waals surface area contributed by atoms with Crippen molar-refractivity contribution in [2.45, 2.75) is 12.6 Å². The summed E-state index contributed by atoms with van der Waals surface area (Å²) in [5, 5.41) is 3.03. The highest BCUT2D eigenvalue weighted by atomic mass is 79.9. The van der Waals surface area contributed by atoms with E-state index in [1.54, 1.807) is 0 Å². The van der Waals surface area contributed by atoms with Gasteiger partial charge in [-0.15, -0.1) is 0 Å². The first-order valence-electron chi connectivity index (χ1n) is 7.29. The quantitative estimate of drug-likeness (QED) is 0.786. The molecule has 1 aliphatic heterocycles. The number of hydrogen-bond acceptors (Lipinski definition) is 3. The van der Waals surface area contributed by atoms with Gasteiger partial charge >= 0.3 is 0 Å². The maximum Gasteiger partial charge on any atom is 0.226 e. The van der Waals surface area contributed by atoms with Crippen LogP contribution in [0.4, 0.5) is 0 Å². The van der Waals surface area contributed by atoms with Crippen molar-refractivity contribution < 1.29 is 4.79 Å². The van der Waals surface area contributed by atoms with E-state index in [1.807, 2.05) is 54.6 Å². The molecule has 1 fully saturated rings. The summed E-state index contributed by atoms with van der Waals surface area (Å²) in [6.45, 7) is 1.17. The Morgan fingerprint density at radius 2 is 2.00 bits per heavy atom. The predicted octanol–water partition coefficient (Wildman–Crippen LogP) is 2.53.